The van der Waals surface area contributed by atoms with E-state index in [0.29, 0.717) is 32.7 Å². The maximum Gasteiger partial charge on any atom is 0.220 e. The normalized spacial score (nSPS) is 11.1. The Hall–Kier alpha value is -2.33. The van der Waals surface area contributed by atoms with Crippen LogP contribution in [0, 0.1) is 0 Å². The van der Waals surface area contributed by atoms with Gasteiger partial charge >= 0.3 is 0 Å². The fourth-order valence-electron chi connectivity index (χ4n) is 2.41. The Kier molecular flexibility index (Phi) is 7.48. The van der Waals surface area contributed by atoms with E-state index in [0.717, 1.165) is 11.3 Å². The molecule has 25 heavy (non-hydrogen) atoms. The monoisotopic (exact) mass is 341 g/mol. The largest absolute Gasteiger partial charge is 0.494 e. The molecule has 0 saturated carbocycles. The Morgan fingerprint density at radius 2 is 1.64 bits per heavy atom. The average Bonchev–Trinajstić information content (AvgIpc) is 2.60. The minimum Gasteiger partial charge on any atom is -0.494 e. The number of benzene rings is 2. The molecule has 0 aromatic heterocycles. The van der Waals surface area contributed by atoms with Gasteiger partial charge in [-0.2, -0.15) is 0 Å². The summed E-state index contributed by atoms with van der Waals surface area (Å²) < 4.78 is 11.3. The van der Waals surface area contributed by atoms with Crippen molar-refractivity contribution in [1.29, 1.82) is 0 Å². The summed E-state index contributed by atoms with van der Waals surface area (Å²) in [6, 6.07) is 19.6. The molecule has 2 aromatic rings. The third-order valence-electron chi connectivity index (χ3n) is 3.61. The van der Waals surface area contributed by atoms with Crippen molar-refractivity contribution in [2.24, 2.45) is 0 Å². The SMILES string of the molecule is CC(C)(COCc1ccccc1)NC(=O)CCCOc1ccccc1. The first kappa shape index (κ1) is 19.0. The van der Waals surface area contributed by atoms with Gasteiger partial charge in [-0.25, -0.2) is 0 Å². The predicted molar refractivity (Wildman–Crippen MR) is 99.5 cm³/mol. The molecule has 4 heteroatoms. The van der Waals surface area contributed by atoms with Gasteiger partial charge in [0.15, 0.2) is 0 Å². The molecule has 0 aliphatic carbocycles. The maximum absolute atomic E-state index is 12.1. The van der Waals surface area contributed by atoms with Gasteiger partial charge in [-0.05, 0) is 38.0 Å². The van der Waals surface area contributed by atoms with Crippen molar-refractivity contribution in [3.8, 4) is 5.75 Å². The number of amides is 1. The van der Waals surface area contributed by atoms with Crippen molar-refractivity contribution < 1.29 is 14.3 Å². The fraction of sp³-hybridized carbons (Fsp3) is 0.381. The predicted octanol–water partition coefficient (Wildman–Crippen LogP) is 3.96. The second-order valence-corrected chi connectivity index (χ2v) is 6.68. The minimum atomic E-state index is -0.397. The number of para-hydroxylation sites is 1. The topological polar surface area (TPSA) is 47.6 Å². The Labute approximate surface area is 150 Å². The van der Waals surface area contributed by atoms with Crippen molar-refractivity contribution in [2.45, 2.75) is 38.8 Å². The highest BCUT2D eigenvalue weighted by Crippen LogP contribution is 2.10. The lowest BCUT2D eigenvalue weighted by atomic mass is 10.1. The first-order valence-electron chi connectivity index (χ1n) is 8.66. The van der Waals surface area contributed by atoms with Crippen LogP contribution in [0.25, 0.3) is 0 Å². The summed E-state index contributed by atoms with van der Waals surface area (Å²) in [5.41, 5.74) is 0.731. The number of carbonyl (C=O) groups excluding carboxylic acids is 1. The van der Waals surface area contributed by atoms with Crippen LogP contribution in [-0.2, 0) is 16.1 Å². The molecule has 0 unspecified atom stereocenters. The highest BCUT2D eigenvalue weighted by Gasteiger charge is 2.20. The van der Waals surface area contributed by atoms with Crippen LogP contribution in [0.4, 0.5) is 0 Å². The summed E-state index contributed by atoms with van der Waals surface area (Å²) in [6.45, 7) is 5.48. The van der Waals surface area contributed by atoms with Gasteiger partial charge in [0.2, 0.25) is 5.91 Å². The number of carbonyl (C=O) groups is 1. The summed E-state index contributed by atoms with van der Waals surface area (Å²) in [5.74, 6) is 0.850. The Balaban J connectivity index is 1.61. The van der Waals surface area contributed by atoms with Gasteiger partial charge in [0.05, 0.1) is 25.4 Å². The van der Waals surface area contributed by atoms with E-state index < -0.39 is 5.54 Å². The van der Waals surface area contributed by atoms with Crippen LogP contribution in [-0.4, -0.2) is 24.7 Å². The molecule has 1 N–H and O–H groups in total. The molecule has 134 valence electrons. The quantitative estimate of drug-likeness (QED) is 0.666. The lowest BCUT2D eigenvalue weighted by Gasteiger charge is -2.26. The van der Waals surface area contributed by atoms with E-state index in [-0.39, 0.29) is 5.91 Å². The molecule has 0 spiro atoms. The van der Waals surface area contributed by atoms with E-state index in [1.54, 1.807) is 0 Å². The van der Waals surface area contributed by atoms with E-state index in [2.05, 4.69) is 5.32 Å². The average molecular weight is 341 g/mol. The van der Waals surface area contributed by atoms with Crippen molar-refractivity contribution in [1.82, 2.24) is 5.32 Å². The molecule has 0 atom stereocenters. The smallest absolute Gasteiger partial charge is 0.220 e. The van der Waals surface area contributed by atoms with E-state index in [1.165, 1.54) is 0 Å². The summed E-state index contributed by atoms with van der Waals surface area (Å²) in [4.78, 5) is 12.1. The zero-order chi connectivity index (χ0) is 18.0. The lowest BCUT2D eigenvalue weighted by molar-refractivity contribution is -0.123. The third kappa shape index (κ3) is 7.86. The second kappa shape index (κ2) is 9.84. The van der Waals surface area contributed by atoms with Crippen molar-refractivity contribution in [3.05, 3.63) is 66.2 Å². The molecule has 0 aliphatic heterocycles. The zero-order valence-corrected chi connectivity index (χ0v) is 15.0. The lowest BCUT2D eigenvalue weighted by Crippen LogP contribution is -2.47. The molecular weight excluding hydrogens is 314 g/mol. The zero-order valence-electron chi connectivity index (χ0n) is 15.0. The third-order valence-corrected chi connectivity index (χ3v) is 3.61. The van der Waals surface area contributed by atoms with Crippen molar-refractivity contribution in [3.63, 3.8) is 0 Å². The van der Waals surface area contributed by atoms with Crippen LogP contribution < -0.4 is 10.1 Å². The number of hydrogen-bond acceptors (Lipinski definition) is 3. The molecule has 0 bridgehead atoms. The number of hydrogen-bond donors (Lipinski definition) is 1. The first-order valence-corrected chi connectivity index (χ1v) is 8.66. The second-order valence-electron chi connectivity index (χ2n) is 6.68. The van der Waals surface area contributed by atoms with Crippen LogP contribution in [0.15, 0.2) is 60.7 Å². The highest BCUT2D eigenvalue weighted by atomic mass is 16.5. The Morgan fingerprint density at radius 1 is 1.00 bits per heavy atom. The van der Waals surface area contributed by atoms with Crippen molar-refractivity contribution in [2.75, 3.05) is 13.2 Å². The van der Waals surface area contributed by atoms with Gasteiger partial charge in [-0.15, -0.1) is 0 Å². The molecule has 0 heterocycles. The van der Waals surface area contributed by atoms with E-state index >= 15 is 0 Å². The molecule has 1 amide bonds. The Morgan fingerprint density at radius 3 is 2.32 bits per heavy atom. The number of ether oxygens (including phenoxy) is 2. The minimum absolute atomic E-state index is 0.0185. The van der Waals surface area contributed by atoms with Gasteiger partial charge in [-0.1, -0.05) is 48.5 Å². The van der Waals surface area contributed by atoms with Gasteiger partial charge in [0.1, 0.15) is 5.75 Å². The molecule has 2 rings (SSSR count). The summed E-state index contributed by atoms with van der Waals surface area (Å²) >= 11 is 0. The molecule has 0 saturated heterocycles. The number of rotatable bonds is 10. The fourth-order valence-corrected chi connectivity index (χ4v) is 2.41. The van der Waals surface area contributed by atoms with Crippen LogP contribution in [0.1, 0.15) is 32.3 Å². The number of nitrogens with one attached hydrogen (secondary N) is 1. The molecule has 2 aromatic carbocycles. The van der Waals surface area contributed by atoms with E-state index in [1.807, 2.05) is 74.5 Å². The first-order chi connectivity index (χ1) is 12.1. The van der Waals surface area contributed by atoms with Crippen LogP contribution >= 0.6 is 0 Å². The maximum atomic E-state index is 12.1. The molecule has 0 fully saturated rings. The van der Waals surface area contributed by atoms with E-state index in [9.17, 15) is 4.79 Å². The van der Waals surface area contributed by atoms with Crippen LogP contribution in [0.5, 0.6) is 5.75 Å². The van der Waals surface area contributed by atoms with Crippen LogP contribution in [0.2, 0.25) is 0 Å². The standard InChI is InChI=1S/C21H27NO3/c1-21(2,17-24-16-18-10-5-3-6-11-18)22-20(23)14-9-15-25-19-12-7-4-8-13-19/h3-8,10-13H,9,14-17H2,1-2H3,(H,22,23). The summed E-state index contributed by atoms with van der Waals surface area (Å²) in [5, 5.41) is 3.02. The van der Waals surface area contributed by atoms with Crippen molar-refractivity contribution >= 4 is 5.91 Å². The molecular formula is C21H27NO3. The highest BCUT2D eigenvalue weighted by molar-refractivity contribution is 5.76. The molecule has 4 nitrogen and oxygen atoms in total. The summed E-state index contributed by atoms with van der Waals surface area (Å²) in [6.07, 6.45) is 1.12. The Bertz CT molecular complexity index is 626. The van der Waals surface area contributed by atoms with E-state index in [4.69, 9.17) is 9.47 Å². The summed E-state index contributed by atoms with van der Waals surface area (Å²) in [7, 11) is 0. The molecule has 0 aliphatic rings. The van der Waals surface area contributed by atoms with Gasteiger partial charge < -0.3 is 14.8 Å². The van der Waals surface area contributed by atoms with Crippen LogP contribution in [0.3, 0.4) is 0 Å². The molecule has 0 radical (unpaired) electrons. The van der Waals surface area contributed by atoms with Gasteiger partial charge in [0.25, 0.3) is 0 Å². The van der Waals surface area contributed by atoms with Gasteiger partial charge in [0, 0.05) is 6.42 Å². The van der Waals surface area contributed by atoms with Gasteiger partial charge in [-0.3, -0.25) is 4.79 Å².